The highest BCUT2D eigenvalue weighted by atomic mass is 32.1. The molecule has 1 N–H and O–H groups in total. The van der Waals surface area contributed by atoms with Crippen LogP contribution in [0.5, 0.6) is 0 Å². The minimum atomic E-state index is -0.661. The van der Waals surface area contributed by atoms with Gasteiger partial charge in [-0.2, -0.15) is 0 Å². The molecule has 1 aromatic rings. The van der Waals surface area contributed by atoms with Crippen molar-refractivity contribution in [2.45, 2.75) is 12.8 Å². The first-order valence-electron chi connectivity index (χ1n) is 4.78. The zero-order valence-corrected chi connectivity index (χ0v) is 8.67. The van der Waals surface area contributed by atoms with Gasteiger partial charge in [0.25, 0.3) is 0 Å². The first-order valence-corrected chi connectivity index (χ1v) is 5.66. The molecule has 14 heavy (non-hydrogen) atoms. The van der Waals surface area contributed by atoms with Gasteiger partial charge in [0.05, 0.1) is 10.9 Å². The summed E-state index contributed by atoms with van der Waals surface area (Å²) >= 11 is 1.68. The third kappa shape index (κ3) is 1.90. The van der Waals surface area contributed by atoms with Crippen LogP contribution in [0.1, 0.15) is 12.8 Å². The molecule has 1 fully saturated rings. The lowest BCUT2D eigenvalue weighted by Crippen LogP contribution is -2.38. The van der Waals surface area contributed by atoms with Crippen molar-refractivity contribution in [1.82, 2.24) is 0 Å². The van der Waals surface area contributed by atoms with Gasteiger partial charge in [-0.3, -0.25) is 4.79 Å². The van der Waals surface area contributed by atoms with Crippen LogP contribution < -0.4 is 4.90 Å². The number of nitrogens with zero attached hydrogens (tertiary/aromatic N) is 1. The number of rotatable bonds is 2. The Morgan fingerprint density at radius 2 is 2.50 bits per heavy atom. The SMILES string of the molecule is O=C(O)C1CCCN(c2cccs2)C1. The van der Waals surface area contributed by atoms with E-state index in [0.29, 0.717) is 6.54 Å². The molecule has 3 nitrogen and oxygen atoms in total. The lowest BCUT2D eigenvalue weighted by Gasteiger charge is -2.31. The second kappa shape index (κ2) is 4.00. The molecule has 0 aromatic carbocycles. The van der Waals surface area contributed by atoms with Gasteiger partial charge in [0, 0.05) is 13.1 Å². The summed E-state index contributed by atoms with van der Waals surface area (Å²) in [6, 6.07) is 4.05. The molecule has 1 saturated heterocycles. The lowest BCUT2D eigenvalue weighted by molar-refractivity contribution is -0.141. The predicted molar refractivity (Wildman–Crippen MR) is 56.9 cm³/mol. The Balaban J connectivity index is 2.04. The average Bonchev–Trinajstić information content (AvgIpc) is 2.71. The summed E-state index contributed by atoms with van der Waals surface area (Å²) in [6.45, 7) is 1.65. The summed E-state index contributed by atoms with van der Waals surface area (Å²) in [5, 5.41) is 12.1. The number of piperidine rings is 1. The van der Waals surface area contributed by atoms with Crippen LogP contribution in [0, 0.1) is 5.92 Å². The maximum atomic E-state index is 10.8. The van der Waals surface area contributed by atoms with Crippen LogP contribution in [0.15, 0.2) is 17.5 Å². The second-order valence-electron chi connectivity index (χ2n) is 3.57. The third-order valence-electron chi connectivity index (χ3n) is 2.59. The number of hydrogen-bond donors (Lipinski definition) is 1. The molecule has 0 radical (unpaired) electrons. The molecule has 0 spiro atoms. The van der Waals surface area contributed by atoms with E-state index in [1.807, 2.05) is 11.4 Å². The number of hydrogen-bond acceptors (Lipinski definition) is 3. The van der Waals surface area contributed by atoms with Crippen molar-refractivity contribution >= 4 is 22.3 Å². The van der Waals surface area contributed by atoms with Crippen LogP contribution >= 0.6 is 11.3 Å². The molecular formula is C10H13NO2S. The first-order chi connectivity index (χ1) is 6.77. The first kappa shape index (κ1) is 9.52. The molecular weight excluding hydrogens is 198 g/mol. The smallest absolute Gasteiger partial charge is 0.308 e. The fourth-order valence-corrected chi connectivity index (χ4v) is 2.60. The van der Waals surface area contributed by atoms with E-state index >= 15 is 0 Å². The van der Waals surface area contributed by atoms with Crippen molar-refractivity contribution in [3.63, 3.8) is 0 Å². The van der Waals surface area contributed by atoms with Crippen molar-refractivity contribution in [1.29, 1.82) is 0 Å². The monoisotopic (exact) mass is 211 g/mol. The molecule has 1 unspecified atom stereocenters. The lowest BCUT2D eigenvalue weighted by atomic mass is 9.99. The van der Waals surface area contributed by atoms with Crippen LogP contribution in [0.2, 0.25) is 0 Å². The van der Waals surface area contributed by atoms with Gasteiger partial charge in [-0.1, -0.05) is 0 Å². The van der Waals surface area contributed by atoms with E-state index in [4.69, 9.17) is 5.11 Å². The van der Waals surface area contributed by atoms with Crippen molar-refractivity contribution in [2.75, 3.05) is 18.0 Å². The summed E-state index contributed by atoms with van der Waals surface area (Å²) in [4.78, 5) is 13.0. The largest absolute Gasteiger partial charge is 0.481 e. The van der Waals surface area contributed by atoms with E-state index in [-0.39, 0.29) is 5.92 Å². The fraction of sp³-hybridized carbons (Fsp3) is 0.500. The Labute approximate surface area is 87.0 Å². The number of carboxylic acids is 1. The van der Waals surface area contributed by atoms with E-state index < -0.39 is 5.97 Å². The predicted octanol–water partition coefficient (Wildman–Crippen LogP) is 2.05. The highest BCUT2D eigenvalue weighted by Gasteiger charge is 2.25. The number of carbonyl (C=O) groups is 1. The van der Waals surface area contributed by atoms with Crippen LogP contribution in [0.3, 0.4) is 0 Å². The standard InChI is InChI=1S/C10H13NO2S/c12-10(13)8-3-1-5-11(7-8)9-4-2-6-14-9/h2,4,6,8H,1,3,5,7H2,(H,12,13). The van der Waals surface area contributed by atoms with Gasteiger partial charge in [-0.15, -0.1) is 11.3 Å². The van der Waals surface area contributed by atoms with Gasteiger partial charge < -0.3 is 10.0 Å². The minimum Gasteiger partial charge on any atom is -0.481 e. The maximum absolute atomic E-state index is 10.8. The molecule has 1 aliphatic rings. The highest BCUT2D eigenvalue weighted by Crippen LogP contribution is 2.26. The Hall–Kier alpha value is -1.03. The summed E-state index contributed by atoms with van der Waals surface area (Å²) in [6.07, 6.45) is 1.80. The van der Waals surface area contributed by atoms with Gasteiger partial charge in [-0.25, -0.2) is 0 Å². The maximum Gasteiger partial charge on any atom is 0.308 e. The molecule has 0 amide bonds. The molecule has 2 heterocycles. The summed E-state index contributed by atoms with van der Waals surface area (Å²) < 4.78 is 0. The van der Waals surface area contributed by atoms with Crippen molar-refractivity contribution in [3.05, 3.63) is 17.5 Å². The van der Waals surface area contributed by atoms with E-state index in [0.717, 1.165) is 19.4 Å². The zero-order valence-electron chi connectivity index (χ0n) is 7.85. The van der Waals surface area contributed by atoms with Gasteiger partial charge in [0.2, 0.25) is 0 Å². The van der Waals surface area contributed by atoms with Crippen molar-refractivity contribution in [2.24, 2.45) is 5.92 Å². The summed E-state index contributed by atoms with van der Waals surface area (Å²) in [5.41, 5.74) is 0. The zero-order chi connectivity index (χ0) is 9.97. The number of carboxylic acid groups (broad SMARTS) is 1. The second-order valence-corrected chi connectivity index (χ2v) is 4.50. The molecule has 2 rings (SSSR count). The molecule has 0 bridgehead atoms. The van der Waals surface area contributed by atoms with Crippen LogP contribution in [0.25, 0.3) is 0 Å². The van der Waals surface area contributed by atoms with Gasteiger partial charge in [-0.05, 0) is 30.4 Å². The Morgan fingerprint density at radius 1 is 1.64 bits per heavy atom. The number of aliphatic carboxylic acids is 1. The molecule has 1 aromatic heterocycles. The minimum absolute atomic E-state index is 0.189. The summed E-state index contributed by atoms with van der Waals surface area (Å²) in [7, 11) is 0. The molecule has 0 saturated carbocycles. The van der Waals surface area contributed by atoms with Crippen molar-refractivity contribution < 1.29 is 9.90 Å². The van der Waals surface area contributed by atoms with E-state index in [2.05, 4.69) is 11.0 Å². The van der Waals surface area contributed by atoms with E-state index in [9.17, 15) is 4.79 Å². The molecule has 1 atom stereocenters. The fourth-order valence-electron chi connectivity index (χ4n) is 1.83. The Kier molecular flexibility index (Phi) is 2.72. The topological polar surface area (TPSA) is 40.5 Å². The van der Waals surface area contributed by atoms with E-state index in [1.165, 1.54) is 5.00 Å². The van der Waals surface area contributed by atoms with Crippen molar-refractivity contribution in [3.8, 4) is 0 Å². The summed E-state index contributed by atoms with van der Waals surface area (Å²) in [5.74, 6) is -0.850. The van der Waals surface area contributed by atoms with Crippen LogP contribution in [-0.4, -0.2) is 24.2 Å². The number of thiophene rings is 1. The van der Waals surface area contributed by atoms with Crippen LogP contribution in [0.4, 0.5) is 5.00 Å². The van der Waals surface area contributed by atoms with Gasteiger partial charge in [0.15, 0.2) is 0 Å². The quantitative estimate of drug-likeness (QED) is 0.814. The van der Waals surface area contributed by atoms with Crippen LogP contribution in [-0.2, 0) is 4.79 Å². The number of anilines is 1. The van der Waals surface area contributed by atoms with Gasteiger partial charge >= 0.3 is 5.97 Å². The normalized spacial score (nSPS) is 22.3. The molecule has 4 heteroatoms. The molecule has 1 aliphatic heterocycles. The molecule has 76 valence electrons. The Morgan fingerprint density at radius 3 is 3.14 bits per heavy atom. The van der Waals surface area contributed by atoms with Gasteiger partial charge in [0.1, 0.15) is 0 Å². The third-order valence-corrected chi connectivity index (χ3v) is 3.52. The highest BCUT2D eigenvalue weighted by molar-refractivity contribution is 7.14. The van der Waals surface area contributed by atoms with E-state index in [1.54, 1.807) is 11.3 Å². The Bertz CT molecular complexity index is 310. The molecule has 0 aliphatic carbocycles. The average molecular weight is 211 g/mol.